The van der Waals surface area contributed by atoms with Crippen molar-refractivity contribution in [1.29, 1.82) is 0 Å². The minimum atomic E-state index is -5.28. The van der Waals surface area contributed by atoms with Gasteiger partial charge >= 0.3 is 20.2 Å². The number of nitrogens with zero attached hydrogens (tertiary/aromatic N) is 4. The highest BCUT2D eigenvalue weighted by Crippen LogP contribution is 2.27. The highest BCUT2D eigenvalue weighted by atomic mass is 32.3. The molecule has 0 radical (unpaired) electrons. The van der Waals surface area contributed by atoms with Crippen LogP contribution < -0.4 is 10.6 Å². The third kappa shape index (κ3) is 6.24. The summed E-state index contributed by atoms with van der Waals surface area (Å²) in [7, 11) is -10.6. The van der Waals surface area contributed by atoms with Crippen LogP contribution in [0.1, 0.15) is 41.4 Å². The lowest BCUT2D eigenvalue weighted by atomic mass is 10.1. The number of imide groups is 2. The van der Waals surface area contributed by atoms with Crippen LogP contribution in [0.15, 0.2) is 94.7 Å². The Hall–Kier alpha value is -5.34. The van der Waals surface area contributed by atoms with Gasteiger partial charge in [-0.1, -0.05) is 45.4 Å². The second-order valence-corrected chi connectivity index (χ2v) is 14.1. The van der Waals surface area contributed by atoms with E-state index in [2.05, 4.69) is 33.4 Å². The van der Waals surface area contributed by atoms with Gasteiger partial charge in [-0.15, -0.1) is 13.8 Å². The van der Waals surface area contributed by atoms with Crippen molar-refractivity contribution in [2.45, 2.75) is 9.79 Å². The largest absolute Gasteiger partial charge is 0.312 e. The Morgan fingerprint density at radius 3 is 1.30 bits per heavy atom. The summed E-state index contributed by atoms with van der Waals surface area (Å²) < 4.78 is 66.3. The fourth-order valence-electron chi connectivity index (χ4n) is 4.38. The highest BCUT2D eigenvalue weighted by Gasteiger charge is 2.33. The molecule has 6 aromatic rings. The predicted molar refractivity (Wildman–Crippen MR) is 167 cm³/mol. The Bertz CT molecular complexity index is 2300. The van der Waals surface area contributed by atoms with Crippen LogP contribution in [0.2, 0.25) is 0 Å². The summed E-state index contributed by atoms with van der Waals surface area (Å²) in [6, 6.07) is 18.0. The molecule has 0 saturated heterocycles. The van der Waals surface area contributed by atoms with Crippen LogP contribution in [0.5, 0.6) is 0 Å². The van der Waals surface area contributed by atoms with Crippen molar-refractivity contribution >= 4 is 87.4 Å². The Labute approximate surface area is 272 Å². The zero-order valence-corrected chi connectivity index (χ0v) is 26.4. The topological polar surface area (TPSA) is 221 Å². The van der Waals surface area contributed by atoms with Crippen LogP contribution >= 0.6 is 23.1 Å². The lowest BCUT2D eigenvalue weighted by Gasteiger charge is -2.13. The Morgan fingerprint density at radius 1 is 0.511 bits per heavy atom. The van der Waals surface area contributed by atoms with Gasteiger partial charge in [-0.2, -0.15) is 16.8 Å². The fraction of sp³-hybridized carbons (Fsp3) is 0. The quantitative estimate of drug-likeness (QED) is 0.217. The summed E-state index contributed by atoms with van der Waals surface area (Å²) in [4.78, 5) is 50.3. The first-order chi connectivity index (χ1) is 22.5. The van der Waals surface area contributed by atoms with Crippen LogP contribution in [0.4, 0.5) is 0 Å². The number of hydrogen-bond acceptors (Lipinski definition) is 15. The maximum Gasteiger partial charge on any atom is 0.312 e. The third-order valence-electron chi connectivity index (χ3n) is 6.47. The first-order valence-corrected chi connectivity index (χ1v) is 17.4. The summed E-state index contributed by atoms with van der Waals surface area (Å²) in [5.74, 6) is -4.11. The van der Waals surface area contributed by atoms with Crippen molar-refractivity contribution in [2.75, 3.05) is 0 Å². The molecular weight excluding hydrogens is 693 g/mol. The molecule has 0 spiro atoms. The molecule has 47 heavy (non-hydrogen) atoms. The van der Waals surface area contributed by atoms with E-state index in [4.69, 9.17) is 0 Å². The first kappa shape index (κ1) is 31.6. The molecule has 0 bridgehead atoms. The van der Waals surface area contributed by atoms with E-state index in [-0.39, 0.29) is 11.1 Å². The zero-order chi connectivity index (χ0) is 33.3. The maximum absolute atomic E-state index is 13.3. The lowest BCUT2D eigenvalue weighted by molar-refractivity contribution is 0.0832. The summed E-state index contributed by atoms with van der Waals surface area (Å²) >= 11 is 1.83. The standard InChI is InChI=1S/C28H16N6O9S4/c35-25(29-27(37)17-9-5-11-19-23(17)44-33-31-19)15-7-1-3-13-21(15)46(39,40)43-47(41,42)22-14-4-2-8-16(22)26(36)30-28(38)18-10-6-12-20-24(18)45-34-32-20/h1-14H,(H,29,35,37)(H,30,36,38). The van der Waals surface area contributed by atoms with Gasteiger partial charge in [0, 0.05) is 0 Å². The number of aromatic nitrogens is 4. The SMILES string of the molecule is O=C(NC(=O)c1cccc2nnsc12)c1ccccc1S(=O)(=O)OS(=O)(=O)c1ccccc1C(=O)NC(=O)c1cccc2nnsc12. The number of amides is 4. The van der Waals surface area contributed by atoms with E-state index in [1.165, 1.54) is 48.5 Å². The molecule has 0 aliphatic rings. The molecule has 19 heteroatoms. The van der Waals surface area contributed by atoms with E-state index in [9.17, 15) is 36.0 Å². The molecule has 0 aliphatic carbocycles. The van der Waals surface area contributed by atoms with Gasteiger partial charge in [0.2, 0.25) is 0 Å². The lowest BCUT2D eigenvalue weighted by Crippen LogP contribution is -2.32. The van der Waals surface area contributed by atoms with E-state index in [1.54, 1.807) is 12.1 Å². The minimum Gasteiger partial charge on any atom is -0.288 e. The molecule has 0 fully saturated rings. The van der Waals surface area contributed by atoms with E-state index in [0.717, 1.165) is 47.3 Å². The van der Waals surface area contributed by atoms with Gasteiger partial charge in [0.15, 0.2) is 0 Å². The highest BCUT2D eigenvalue weighted by molar-refractivity contribution is 8.00. The van der Waals surface area contributed by atoms with Crippen molar-refractivity contribution in [3.63, 3.8) is 0 Å². The number of rotatable bonds is 8. The number of hydrogen-bond donors (Lipinski definition) is 2. The van der Waals surface area contributed by atoms with Crippen molar-refractivity contribution in [3.05, 3.63) is 107 Å². The van der Waals surface area contributed by atoms with Crippen LogP contribution in [0, 0.1) is 0 Å². The van der Waals surface area contributed by atoms with E-state index < -0.39 is 64.8 Å². The molecule has 4 amide bonds. The first-order valence-electron chi connectivity index (χ1n) is 13.0. The Morgan fingerprint density at radius 2 is 0.872 bits per heavy atom. The van der Waals surface area contributed by atoms with Gasteiger partial charge in [-0.25, -0.2) is 0 Å². The van der Waals surface area contributed by atoms with Gasteiger partial charge in [0.05, 0.1) is 31.7 Å². The smallest absolute Gasteiger partial charge is 0.288 e. The molecule has 0 aliphatic heterocycles. The monoisotopic (exact) mass is 708 g/mol. The van der Waals surface area contributed by atoms with E-state index in [0.29, 0.717) is 20.4 Å². The zero-order valence-electron chi connectivity index (χ0n) is 23.2. The summed E-state index contributed by atoms with van der Waals surface area (Å²) in [6.45, 7) is 0. The number of nitrogens with one attached hydrogen (secondary N) is 2. The van der Waals surface area contributed by atoms with Crippen molar-refractivity contribution in [1.82, 2.24) is 29.8 Å². The molecular formula is C28H16N6O9S4. The van der Waals surface area contributed by atoms with Gasteiger partial charge in [-0.3, -0.25) is 29.8 Å². The Kier molecular flexibility index (Phi) is 8.38. The molecule has 6 rings (SSSR count). The minimum absolute atomic E-state index is 0.0544. The van der Waals surface area contributed by atoms with Crippen LogP contribution in [0.25, 0.3) is 20.4 Å². The fourth-order valence-corrected chi connectivity index (χ4v) is 8.60. The van der Waals surface area contributed by atoms with Gasteiger partial charge in [-0.05, 0) is 71.6 Å². The van der Waals surface area contributed by atoms with Crippen LogP contribution in [-0.2, 0) is 23.9 Å². The summed E-state index contributed by atoms with van der Waals surface area (Å²) in [6.07, 6.45) is 0. The van der Waals surface area contributed by atoms with Crippen molar-refractivity contribution in [3.8, 4) is 0 Å². The second-order valence-electron chi connectivity index (χ2n) is 9.39. The molecule has 0 atom stereocenters. The molecule has 2 heterocycles. The molecule has 0 saturated carbocycles. The molecule has 2 N–H and O–H groups in total. The predicted octanol–water partition coefficient (Wildman–Crippen LogP) is 2.93. The van der Waals surface area contributed by atoms with Gasteiger partial charge in [0.25, 0.3) is 23.6 Å². The number of fused-ring (bicyclic) bond motifs is 2. The van der Waals surface area contributed by atoms with Crippen molar-refractivity contribution < 1.29 is 39.6 Å². The number of carbonyl (C=O) groups excluding carboxylic acids is 4. The average molecular weight is 709 g/mol. The van der Waals surface area contributed by atoms with Crippen LogP contribution in [-0.4, -0.2) is 59.6 Å². The molecule has 0 unspecified atom stereocenters. The van der Waals surface area contributed by atoms with Crippen LogP contribution in [0.3, 0.4) is 0 Å². The van der Waals surface area contributed by atoms with Gasteiger partial charge in [0.1, 0.15) is 20.8 Å². The summed E-state index contributed by atoms with van der Waals surface area (Å²) in [5.41, 5.74) is -0.283. The second kappa shape index (κ2) is 12.5. The molecule has 236 valence electrons. The summed E-state index contributed by atoms with van der Waals surface area (Å²) in [5, 5.41) is 11.9. The maximum atomic E-state index is 13.3. The number of carbonyl (C=O) groups is 4. The normalized spacial score (nSPS) is 11.7. The number of benzene rings is 4. The Balaban J connectivity index is 1.25. The van der Waals surface area contributed by atoms with Gasteiger partial charge < -0.3 is 0 Å². The molecule has 15 nitrogen and oxygen atoms in total. The average Bonchev–Trinajstić information content (AvgIpc) is 3.74. The van der Waals surface area contributed by atoms with E-state index >= 15 is 0 Å². The molecule has 4 aromatic carbocycles. The van der Waals surface area contributed by atoms with Crippen molar-refractivity contribution in [2.24, 2.45) is 0 Å². The van der Waals surface area contributed by atoms with E-state index in [1.807, 2.05) is 0 Å². The third-order valence-corrected chi connectivity index (χ3v) is 11.2. The molecule has 2 aromatic heterocycles.